The largest absolute Gasteiger partial charge is 0.387 e. The Labute approximate surface area is 118 Å². The number of carbonyl (C=O) groups excluding carboxylic acids is 1. The second-order valence-corrected chi connectivity index (χ2v) is 5.42. The number of nitrogens with one attached hydrogen (secondary N) is 1. The van der Waals surface area contributed by atoms with Gasteiger partial charge in [0.2, 0.25) is 5.91 Å². The van der Waals surface area contributed by atoms with E-state index in [1.54, 1.807) is 31.0 Å². The van der Waals surface area contributed by atoms with Gasteiger partial charge in [-0.15, -0.1) is 0 Å². The van der Waals surface area contributed by atoms with Gasteiger partial charge in [-0.05, 0) is 26.2 Å². The van der Waals surface area contributed by atoms with Gasteiger partial charge < -0.3 is 15.0 Å². The van der Waals surface area contributed by atoms with Crippen molar-refractivity contribution in [2.75, 3.05) is 18.6 Å². The summed E-state index contributed by atoms with van der Waals surface area (Å²) in [6.45, 7) is 4.76. The van der Waals surface area contributed by atoms with E-state index in [1.165, 1.54) is 6.08 Å². The van der Waals surface area contributed by atoms with Crippen LogP contribution in [0.25, 0.3) is 6.08 Å². The molecule has 0 aliphatic carbocycles. The highest BCUT2D eigenvalue weighted by Gasteiger charge is 2.19. The van der Waals surface area contributed by atoms with Gasteiger partial charge >= 0.3 is 0 Å². The fourth-order valence-corrected chi connectivity index (χ4v) is 2.32. The Morgan fingerprint density at radius 2 is 2.42 bits per heavy atom. The molecule has 2 N–H and O–H groups in total. The van der Waals surface area contributed by atoms with Crippen molar-refractivity contribution in [2.45, 2.75) is 26.0 Å². The fourth-order valence-electron chi connectivity index (χ4n) is 1.60. The van der Waals surface area contributed by atoms with Crippen molar-refractivity contribution in [1.82, 2.24) is 14.9 Å². The van der Waals surface area contributed by atoms with E-state index in [0.717, 1.165) is 12.4 Å². The third kappa shape index (κ3) is 5.48. The molecule has 0 aliphatic rings. The molecule has 1 amide bonds. The number of amides is 1. The zero-order chi connectivity index (χ0) is 14.3. The van der Waals surface area contributed by atoms with Crippen LogP contribution in [0.2, 0.25) is 0 Å². The normalized spacial score (nSPS) is 14.5. The standard InChI is InChI=1S/C13H21N3O2S/c1-4-16-8-7-14-11(16)5-6-12(17)15-9-13(2,18)10-19-3/h5-8,18H,4,9-10H2,1-3H3,(H,15,17)/b6-5+. The van der Waals surface area contributed by atoms with Crippen molar-refractivity contribution in [3.8, 4) is 0 Å². The molecule has 0 aliphatic heterocycles. The number of aliphatic hydroxyl groups is 1. The van der Waals surface area contributed by atoms with Crippen LogP contribution in [0.1, 0.15) is 19.7 Å². The molecule has 1 aromatic rings. The Bertz CT molecular complexity index is 441. The lowest BCUT2D eigenvalue weighted by Gasteiger charge is -2.21. The zero-order valence-corrected chi connectivity index (χ0v) is 12.4. The van der Waals surface area contributed by atoms with Gasteiger partial charge in [-0.3, -0.25) is 4.79 Å². The van der Waals surface area contributed by atoms with Crippen LogP contribution >= 0.6 is 11.8 Å². The van der Waals surface area contributed by atoms with Crippen molar-refractivity contribution in [3.05, 3.63) is 24.3 Å². The van der Waals surface area contributed by atoms with Crippen LogP contribution in [0.3, 0.4) is 0 Å². The molecule has 19 heavy (non-hydrogen) atoms. The molecule has 1 heterocycles. The SMILES string of the molecule is CCn1ccnc1/C=C/C(=O)NCC(C)(O)CSC. The maximum Gasteiger partial charge on any atom is 0.244 e. The summed E-state index contributed by atoms with van der Waals surface area (Å²) in [4.78, 5) is 15.8. The molecule has 0 fully saturated rings. The van der Waals surface area contributed by atoms with E-state index in [4.69, 9.17) is 0 Å². The lowest BCUT2D eigenvalue weighted by Crippen LogP contribution is -2.41. The van der Waals surface area contributed by atoms with E-state index >= 15 is 0 Å². The molecule has 0 spiro atoms. The van der Waals surface area contributed by atoms with Gasteiger partial charge in [-0.1, -0.05) is 0 Å². The van der Waals surface area contributed by atoms with Crippen molar-refractivity contribution in [3.63, 3.8) is 0 Å². The number of carbonyl (C=O) groups is 1. The molecule has 1 rings (SSSR count). The maximum atomic E-state index is 11.6. The second kappa shape index (κ2) is 7.35. The summed E-state index contributed by atoms with van der Waals surface area (Å²) >= 11 is 1.54. The number of hydrogen-bond donors (Lipinski definition) is 2. The minimum atomic E-state index is -0.884. The van der Waals surface area contributed by atoms with E-state index < -0.39 is 5.60 Å². The Morgan fingerprint density at radius 1 is 1.68 bits per heavy atom. The third-order valence-corrected chi connectivity index (χ3v) is 3.48. The summed E-state index contributed by atoms with van der Waals surface area (Å²) in [6, 6.07) is 0. The Hall–Kier alpha value is -1.27. The molecule has 6 heteroatoms. The van der Waals surface area contributed by atoms with Crippen LogP contribution in [0.15, 0.2) is 18.5 Å². The van der Waals surface area contributed by atoms with Gasteiger partial charge in [0.05, 0.1) is 5.60 Å². The average Bonchev–Trinajstić information content (AvgIpc) is 2.81. The molecule has 106 valence electrons. The molecular weight excluding hydrogens is 262 g/mol. The fraction of sp³-hybridized carbons (Fsp3) is 0.538. The highest BCUT2D eigenvalue weighted by molar-refractivity contribution is 7.98. The first-order chi connectivity index (χ1) is 8.98. The van der Waals surface area contributed by atoms with E-state index in [0.29, 0.717) is 5.75 Å². The number of aromatic nitrogens is 2. The number of nitrogens with zero attached hydrogens (tertiary/aromatic N) is 2. The molecule has 0 saturated heterocycles. The van der Waals surface area contributed by atoms with Gasteiger partial charge in [0.1, 0.15) is 5.82 Å². The molecule has 5 nitrogen and oxygen atoms in total. The molecule has 0 aromatic carbocycles. The van der Waals surface area contributed by atoms with Crippen molar-refractivity contribution in [1.29, 1.82) is 0 Å². The smallest absolute Gasteiger partial charge is 0.244 e. The number of rotatable bonds is 7. The zero-order valence-electron chi connectivity index (χ0n) is 11.6. The maximum absolute atomic E-state index is 11.6. The summed E-state index contributed by atoms with van der Waals surface area (Å²) in [5, 5.41) is 12.6. The van der Waals surface area contributed by atoms with E-state index in [1.807, 2.05) is 23.9 Å². The molecule has 0 radical (unpaired) electrons. The van der Waals surface area contributed by atoms with Gasteiger partial charge in [0.15, 0.2) is 0 Å². The highest BCUT2D eigenvalue weighted by atomic mass is 32.2. The van der Waals surface area contributed by atoms with Crippen LogP contribution in [0.5, 0.6) is 0 Å². The molecule has 1 atom stereocenters. The van der Waals surface area contributed by atoms with Crippen molar-refractivity contribution < 1.29 is 9.90 Å². The number of thioether (sulfide) groups is 1. The Morgan fingerprint density at radius 3 is 3.05 bits per heavy atom. The van der Waals surface area contributed by atoms with Crippen LogP contribution in [0, 0.1) is 0 Å². The Kier molecular flexibility index (Phi) is 6.11. The first kappa shape index (κ1) is 15.8. The van der Waals surface area contributed by atoms with E-state index in [9.17, 15) is 9.90 Å². The summed E-state index contributed by atoms with van der Waals surface area (Å²) in [5.74, 6) is 1.09. The summed E-state index contributed by atoms with van der Waals surface area (Å²) < 4.78 is 1.94. The van der Waals surface area contributed by atoms with Crippen molar-refractivity contribution in [2.24, 2.45) is 0 Å². The number of imidazole rings is 1. The lowest BCUT2D eigenvalue weighted by molar-refractivity contribution is -0.117. The quantitative estimate of drug-likeness (QED) is 0.737. The first-order valence-corrected chi connectivity index (χ1v) is 7.56. The van der Waals surface area contributed by atoms with E-state index in [-0.39, 0.29) is 12.5 Å². The first-order valence-electron chi connectivity index (χ1n) is 6.17. The summed E-state index contributed by atoms with van der Waals surface area (Å²) in [5.41, 5.74) is -0.884. The second-order valence-electron chi connectivity index (χ2n) is 4.55. The van der Waals surface area contributed by atoms with Gasteiger partial charge in [0, 0.05) is 37.3 Å². The topological polar surface area (TPSA) is 67.2 Å². The molecular formula is C13H21N3O2S. The monoisotopic (exact) mass is 283 g/mol. The highest BCUT2D eigenvalue weighted by Crippen LogP contribution is 2.08. The Balaban J connectivity index is 2.47. The average molecular weight is 283 g/mol. The molecule has 0 bridgehead atoms. The summed E-state index contributed by atoms with van der Waals surface area (Å²) in [7, 11) is 0. The van der Waals surface area contributed by atoms with Gasteiger partial charge in [-0.2, -0.15) is 11.8 Å². The molecule has 0 saturated carbocycles. The van der Waals surface area contributed by atoms with E-state index in [2.05, 4.69) is 10.3 Å². The predicted molar refractivity (Wildman–Crippen MR) is 79.0 cm³/mol. The van der Waals surface area contributed by atoms with Crippen molar-refractivity contribution >= 4 is 23.7 Å². The van der Waals surface area contributed by atoms with Gasteiger partial charge in [0.25, 0.3) is 0 Å². The molecule has 1 unspecified atom stereocenters. The summed E-state index contributed by atoms with van der Waals surface area (Å²) in [6.07, 6.45) is 8.58. The third-order valence-electron chi connectivity index (χ3n) is 2.57. The predicted octanol–water partition coefficient (Wildman–Crippen LogP) is 1.15. The van der Waals surface area contributed by atoms with Crippen LogP contribution in [-0.2, 0) is 11.3 Å². The van der Waals surface area contributed by atoms with Crippen LogP contribution in [-0.4, -0.2) is 44.7 Å². The van der Waals surface area contributed by atoms with Crippen LogP contribution in [0.4, 0.5) is 0 Å². The van der Waals surface area contributed by atoms with Crippen LogP contribution < -0.4 is 5.32 Å². The minimum Gasteiger partial charge on any atom is -0.387 e. The number of aryl methyl sites for hydroxylation is 1. The number of hydrogen-bond acceptors (Lipinski definition) is 4. The molecule has 1 aromatic heterocycles. The van der Waals surface area contributed by atoms with Gasteiger partial charge in [-0.25, -0.2) is 4.98 Å². The minimum absolute atomic E-state index is 0.230. The lowest BCUT2D eigenvalue weighted by atomic mass is 10.1.